The van der Waals surface area contributed by atoms with E-state index in [0.29, 0.717) is 30.5 Å². The van der Waals surface area contributed by atoms with Crippen molar-refractivity contribution in [3.63, 3.8) is 0 Å². The normalized spacial score (nSPS) is 10.1. The monoisotopic (exact) mass is 395 g/mol. The van der Waals surface area contributed by atoms with Gasteiger partial charge in [-0.05, 0) is 48.5 Å². The molecule has 9 nitrogen and oxygen atoms in total. The van der Waals surface area contributed by atoms with E-state index < -0.39 is 5.97 Å². The summed E-state index contributed by atoms with van der Waals surface area (Å²) < 4.78 is 15.4. The highest BCUT2D eigenvalue weighted by molar-refractivity contribution is 5.89. The third kappa shape index (κ3) is 5.80. The lowest BCUT2D eigenvalue weighted by atomic mass is 10.2. The van der Waals surface area contributed by atoms with Crippen molar-refractivity contribution in [1.29, 1.82) is 0 Å². The molecule has 3 aromatic rings. The first kappa shape index (κ1) is 19.9. The van der Waals surface area contributed by atoms with Gasteiger partial charge in [-0.25, -0.2) is 4.79 Å². The van der Waals surface area contributed by atoms with Crippen molar-refractivity contribution in [2.75, 3.05) is 38.0 Å². The zero-order valence-electron chi connectivity index (χ0n) is 16.1. The molecule has 0 radical (unpaired) electrons. The average Bonchev–Trinajstić information content (AvgIpc) is 2.77. The van der Waals surface area contributed by atoms with Gasteiger partial charge in [-0.2, -0.15) is 10.1 Å². The van der Waals surface area contributed by atoms with E-state index in [2.05, 4.69) is 30.6 Å². The van der Waals surface area contributed by atoms with Crippen LogP contribution in [0.5, 0.6) is 11.5 Å². The van der Waals surface area contributed by atoms with Crippen molar-refractivity contribution in [1.82, 2.24) is 15.2 Å². The van der Waals surface area contributed by atoms with Gasteiger partial charge in [0.1, 0.15) is 18.1 Å². The van der Waals surface area contributed by atoms with Crippen LogP contribution >= 0.6 is 0 Å². The second kappa shape index (κ2) is 9.88. The average molecular weight is 395 g/mol. The van der Waals surface area contributed by atoms with Crippen molar-refractivity contribution in [3.05, 3.63) is 60.3 Å². The lowest BCUT2D eigenvalue weighted by Gasteiger charge is -2.09. The number of carbonyl (C=O) groups excluding carboxylic acids is 1. The number of hydrogen-bond donors (Lipinski definition) is 2. The summed E-state index contributed by atoms with van der Waals surface area (Å²) in [5, 5.41) is 14.0. The Bertz CT molecular complexity index is 932. The fourth-order valence-electron chi connectivity index (χ4n) is 2.40. The largest absolute Gasteiger partial charge is 0.497 e. The summed E-state index contributed by atoms with van der Waals surface area (Å²) in [6, 6.07) is 14.1. The molecular weight excluding hydrogens is 374 g/mol. The standard InChI is InChI=1S/C20H21N5O4/c1-27-16-7-9-17(10-8-16)29-12-11-21-18-13-22-25-20(24-18)23-15-5-3-14(4-6-15)19(26)28-2/h3-10,13H,11-12H2,1-2H3,(H2,21,23,24,25). The van der Waals surface area contributed by atoms with Crippen LogP contribution in [0.2, 0.25) is 0 Å². The smallest absolute Gasteiger partial charge is 0.337 e. The van der Waals surface area contributed by atoms with Crippen LogP contribution < -0.4 is 20.1 Å². The molecular formula is C20H21N5O4. The second-order valence-corrected chi connectivity index (χ2v) is 5.81. The van der Waals surface area contributed by atoms with Crippen molar-refractivity contribution < 1.29 is 19.0 Å². The Hall–Kier alpha value is -3.88. The number of ether oxygens (including phenoxy) is 3. The summed E-state index contributed by atoms with van der Waals surface area (Å²) in [6.07, 6.45) is 1.53. The molecule has 0 aliphatic heterocycles. The molecule has 2 N–H and O–H groups in total. The maximum Gasteiger partial charge on any atom is 0.337 e. The fraction of sp³-hybridized carbons (Fsp3) is 0.200. The number of hydrogen-bond acceptors (Lipinski definition) is 9. The molecule has 1 heterocycles. The van der Waals surface area contributed by atoms with Gasteiger partial charge in [0.25, 0.3) is 0 Å². The predicted molar refractivity (Wildman–Crippen MR) is 108 cm³/mol. The van der Waals surface area contributed by atoms with Crippen LogP contribution in [-0.4, -0.2) is 48.5 Å². The molecule has 0 bridgehead atoms. The quantitative estimate of drug-likeness (QED) is 0.418. The molecule has 9 heteroatoms. The molecule has 0 fully saturated rings. The minimum Gasteiger partial charge on any atom is -0.497 e. The number of nitrogens with zero attached hydrogens (tertiary/aromatic N) is 3. The minimum absolute atomic E-state index is 0.330. The summed E-state index contributed by atoms with van der Waals surface area (Å²) in [4.78, 5) is 15.8. The predicted octanol–water partition coefficient (Wildman–Crippen LogP) is 2.90. The van der Waals surface area contributed by atoms with Gasteiger partial charge in [-0.15, -0.1) is 5.10 Å². The van der Waals surface area contributed by atoms with Crippen LogP contribution in [-0.2, 0) is 4.74 Å². The number of rotatable bonds is 9. The Labute approximate surface area is 168 Å². The lowest BCUT2D eigenvalue weighted by molar-refractivity contribution is 0.0601. The number of nitrogens with one attached hydrogen (secondary N) is 2. The molecule has 29 heavy (non-hydrogen) atoms. The van der Waals surface area contributed by atoms with Gasteiger partial charge in [-0.1, -0.05) is 0 Å². The number of benzene rings is 2. The van der Waals surface area contributed by atoms with Crippen LogP contribution in [0.4, 0.5) is 17.5 Å². The zero-order chi connectivity index (χ0) is 20.5. The van der Waals surface area contributed by atoms with Crippen LogP contribution in [0.1, 0.15) is 10.4 Å². The molecule has 0 aliphatic rings. The molecule has 0 aliphatic carbocycles. The zero-order valence-corrected chi connectivity index (χ0v) is 16.1. The van der Waals surface area contributed by atoms with Gasteiger partial charge in [0, 0.05) is 5.69 Å². The van der Waals surface area contributed by atoms with Gasteiger partial charge < -0.3 is 24.8 Å². The van der Waals surface area contributed by atoms with Crippen molar-refractivity contribution in [3.8, 4) is 11.5 Å². The van der Waals surface area contributed by atoms with E-state index in [-0.39, 0.29) is 0 Å². The molecule has 0 saturated heterocycles. The summed E-state index contributed by atoms with van der Waals surface area (Å²) in [5.74, 6) is 2.04. The molecule has 2 aromatic carbocycles. The number of aromatic nitrogens is 3. The number of esters is 1. The van der Waals surface area contributed by atoms with Crippen LogP contribution in [0.3, 0.4) is 0 Å². The van der Waals surface area contributed by atoms with Gasteiger partial charge in [0.2, 0.25) is 5.95 Å². The molecule has 0 saturated carbocycles. The minimum atomic E-state index is -0.391. The number of carbonyl (C=O) groups is 1. The third-order valence-electron chi connectivity index (χ3n) is 3.86. The molecule has 1 aromatic heterocycles. The molecule has 150 valence electrons. The third-order valence-corrected chi connectivity index (χ3v) is 3.86. The van der Waals surface area contributed by atoms with E-state index in [1.165, 1.54) is 13.3 Å². The Morgan fingerprint density at radius 3 is 2.41 bits per heavy atom. The summed E-state index contributed by atoms with van der Waals surface area (Å²) >= 11 is 0. The first-order chi connectivity index (χ1) is 14.2. The van der Waals surface area contributed by atoms with E-state index in [1.54, 1.807) is 31.4 Å². The van der Waals surface area contributed by atoms with Gasteiger partial charge >= 0.3 is 5.97 Å². The maximum absolute atomic E-state index is 11.5. The highest BCUT2D eigenvalue weighted by Gasteiger charge is 2.06. The Kier molecular flexibility index (Phi) is 6.77. The Morgan fingerprint density at radius 1 is 1.00 bits per heavy atom. The fourth-order valence-corrected chi connectivity index (χ4v) is 2.40. The van der Waals surface area contributed by atoms with Gasteiger partial charge in [-0.3, -0.25) is 0 Å². The van der Waals surface area contributed by atoms with Gasteiger partial charge in [0.05, 0.1) is 32.5 Å². The van der Waals surface area contributed by atoms with E-state index in [1.807, 2.05) is 24.3 Å². The first-order valence-electron chi connectivity index (χ1n) is 8.84. The van der Waals surface area contributed by atoms with Crippen LogP contribution in [0.25, 0.3) is 0 Å². The second-order valence-electron chi connectivity index (χ2n) is 5.81. The molecule has 0 atom stereocenters. The van der Waals surface area contributed by atoms with E-state index in [0.717, 1.165) is 17.2 Å². The van der Waals surface area contributed by atoms with Crippen molar-refractivity contribution in [2.24, 2.45) is 0 Å². The highest BCUT2D eigenvalue weighted by atomic mass is 16.5. The summed E-state index contributed by atoms with van der Waals surface area (Å²) in [7, 11) is 2.96. The Morgan fingerprint density at radius 2 is 1.72 bits per heavy atom. The van der Waals surface area contributed by atoms with Crippen molar-refractivity contribution >= 4 is 23.4 Å². The molecule has 0 unspecified atom stereocenters. The summed E-state index contributed by atoms with van der Waals surface area (Å²) in [6.45, 7) is 0.992. The number of anilines is 3. The molecule has 3 rings (SSSR count). The van der Waals surface area contributed by atoms with Crippen LogP contribution in [0, 0.1) is 0 Å². The Balaban J connectivity index is 1.49. The number of methoxy groups -OCH3 is 2. The lowest BCUT2D eigenvalue weighted by Crippen LogP contribution is -2.13. The maximum atomic E-state index is 11.5. The van der Waals surface area contributed by atoms with Gasteiger partial charge in [0.15, 0.2) is 5.82 Å². The SMILES string of the molecule is COC(=O)c1ccc(Nc2nncc(NCCOc3ccc(OC)cc3)n2)cc1. The molecule has 0 amide bonds. The van der Waals surface area contributed by atoms with E-state index in [9.17, 15) is 4.79 Å². The van der Waals surface area contributed by atoms with Crippen molar-refractivity contribution in [2.45, 2.75) is 0 Å². The topological polar surface area (TPSA) is 107 Å². The van der Waals surface area contributed by atoms with Crippen LogP contribution in [0.15, 0.2) is 54.7 Å². The highest BCUT2D eigenvalue weighted by Crippen LogP contribution is 2.17. The van der Waals surface area contributed by atoms with E-state index >= 15 is 0 Å². The van der Waals surface area contributed by atoms with E-state index in [4.69, 9.17) is 9.47 Å². The first-order valence-corrected chi connectivity index (χ1v) is 8.84. The summed E-state index contributed by atoms with van der Waals surface area (Å²) in [5.41, 5.74) is 1.18. The molecule has 0 spiro atoms.